The van der Waals surface area contributed by atoms with Crippen LogP contribution in [0.3, 0.4) is 0 Å². The summed E-state index contributed by atoms with van der Waals surface area (Å²) in [5.74, 6) is -0.0700. The standard InChI is InChI=1S/C20H15N3OS/c24-19(23-18-9-3-6-14-5-1-2-8-17(14)18)11-16-13-25-20(22-16)15-7-4-10-21-12-15/h1-10,12-13H,11H2,(H,23,24). The summed E-state index contributed by atoms with van der Waals surface area (Å²) in [5, 5.41) is 7.93. The monoisotopic (exact) mass is 345 g/mol. The first-order valence-corrected chi connectivity index (χ1v) is 8.80. The van der Waals surface area contributed by atoms with E-state index in [1.807, 2.05) is 60.0 Å². The zero-order valence-electron chi connectivity index (χ0n) is 13.3. The summed E-state index contributed by atoms with van der Waals surface area (Å²) in [6.45, 7) is 0. The second-order valence-corrected chi connectivity index (χ2v) is 6.50. The Balaban J connectivity index is 1.50. The maximum Gasteiger partial charge on any atom is 0.230 e. The van der Waals surface area contributed by atoms with Crippen LogP contribution in [0, 0.1) is 0 Å². The largest absolute Gasteiger partial charge is 0.325 e. The average molecular weight is 345 g/mol. The molecule has 0 fully saturated rings. The zero-order valence-corrected chi connectivity index (χ0v) is 14.2. The van der Waals surface area contributed by atoms with E-state index < -0.39 is 0 Å². The summed E-state index contributed by atoms with van der Waals surface area (Å²) in [5.41, 5.74) is 2.56. The topological polar surface area (TPSA) is 54.9 Å². The molecule has 0 spiro atoms. The highest BCUT2D eigenvalue weighted by molar-refractivity contribution is 7.13. The third kappa shape index (κ3) is 3.41. The van der Waals surface area contributed by atoms with Gasteiger partial charge in [0.25, 0.3) is 0 Å². The summed E-state index contributed by atoms with van der Waals surface area (Å²) in [4.78, 5) is 21.1. The highest BCUT2D eigenvalue weighted by Crippen LogP contribution is 2.25. The van der Waals surface area contributed by atoms with Crippen molar-refractivity contribution in [2.45, 2.75) is 6.42 Å². The number of hydrogen-bond acceptors (Lipinski definition) is 4. The van der Waals surface area contributed by atoms with Crippen LogP contribution in [0.1, 0.15) is 5.69 Å². The van der Waals surface area contributed by atoms with Crippen LogP contribution in [-0.4, -0.2) is 15.9 Å². The second-order valence-electron chi connectivity index (χ2n) is 5.64. The predicted octanol–water partition coefficient (Wildman–Crippen LogP) is 4.54. The van der Waals surface area contributed by atoms with E-state index in [1.165, 1.54) is 11.3 Å². The molecular weight excluding hydrogens is 330 g/mol. The molecule has 4 aromatic rings. The van der Waals surface area contributed by atoms with Crippen LogP contribution in [0.25, 0.3) is 21.3 Å². The van der Waals surface area contributed by atoms with E-state index in [4.69, 9.17) is 0 Å². The smallest absolute Gasteiger partial charge is 0.230 e. The van der Waals surface area contributed by atoms with E-state index in [0.717, 1.165) is 32.7 Å². The quantitative estimate of drug-likeness (QED) is 0.591. The number of nitrogens with zero attached hydrogens (tertiary/aromatic N) is 2. The molecule has 2 aromatic carbocycles. The van der Waals surface area contributed by atoms with Crippen molar-refractivity contribution in [2.24, 2.45) is 0 Å². The molecular formula is C20H15N3OS. The fourth-order valence-corrected chi connectivity index (χ4v) is 3.51. The number of fused-ring (bicyclic) bond motifs is 1. The molecule has 0 aliphatic carbocycles. The van der Waals surface area contributed by atoms with Crippen molar-refractivity contribution in [3.8, 4) is 10.6 Å². The van der Waals surface area contributed by atoms with Crippen molar-refractivity contribution >= 4 is 33.7 Å². The Hall–Kier alpha value is -3.05. The van der Waals surface area contributed by atoms with Crippen LogP contribution in [0.5, 0.6) is 0 Å². The van der Waals surface area contributed by atoms with Crippen molar-refractivity contribution in [2.75, 3.05) is 5.32 Å². The van der Waals surface area contributed by atoms with Crippen molar-refractivity contribution in [3.63, 3.8) is 0 Å². The Morgan fingerprint density at radius 1 is 1.04 bits per heavy atom. The maximum atomic E-state index is 12.4. The Labute approximate surface area is 149 Å². The lowest BCUT2D eigenvalue weighted by atomic mass is 10.1. The number of thiazole rings is 1. The Morgan fingerprint density at radius 3 is 2.80 bits per heavy atom. The van der Waals surface area contributed by atoms with E-state index in [1.54, 1.807) is 12.4 Å². The first-order chi connectivity index (χ1) is 12.3. The van der Waals surface area contributed by atoms with Crippen molar-refractivity contribution in [1.82, 2.24) is 9.97 Å². The minimum atomic E-state index is -0.0700. The molecule has 0 aliphatic heterocycles. The molecule has 0 saturated carbocycles. The number of benzene rings is 2. The number of amides is 1. The molecule has 4 rings (SSSR count). The van der Waals surface area contributed by atoms with Crippen LogP contribution in [-0.2, 0) is 11.2 Å². The van der Waals surface area contributed by atoms with Gasteiger partial charge in [-0.05, 0) is 23.6 Å². The van der Waals surface area contributed by atoms with Gasteiger partial charge in [0.2, 0.25) is 5.91 Å². The predicted molar refractivity (Wildman–Crippen MR) is 102 cm³/mol. The van der Waals surface area contributed by atoms with Gasteiger partial charge in [0.15, 0.2) is 0 Å². The van der Waals surface area contributed by atoms with Gasteiger partial charge in [-0.3, -0.25) is 9.78 Å². The number of anilines is 1. The summed E-state index contributed by atoms with van der Waals surface area (Å²) in [6.07, 6.45) is 3.76. The molecule has 4 nitrogen and oxygen atoms in total. The highest BCUT2D eigenvalue weighted by Gasteiger charge is 2.10. The lowest BCUT2D eigenvalue weighted by Gasteiger charge is -2.08. The first-order valence-electron chi connectivity index (χ1n) is 7.92. The van der Waals surface area contributed by atoms with Gasteiger partial charge in [0.05, 0.1) is 12.1 Å². The number of carbonyl (C=O) groups is 1. The van der Waals surface area contributed by atoms with Crippen molar-refractivity contribution in [3.05, 3.63) is 78.1 Å². The summed E-state index contributed by atoms with van der Waals surface area (Å²) < 4.78 is 0. The SMILES string of the molecule is O=C(Cc1csc(-c2cccnc2)n1)Nc1cccc2ccccc12. The van der Waals surface area contributed by atoms with Gasteiger partial charge in [-0.25, -0.2) is 4.98 Å². The lowest BCUT2D eigenvalue weighted by molar-refractivity contribution is -0.115. The van der Waals surface area contributed by atoms with E-state index >= 15 is 0 Å². The van der Waals surface area contributed by atoms with Gasteiger partial charge in [-0.1, -0.05) is 36.4 Å². The van der Waals surface area contributed by atoms with Crippen LogP contribution in [0.15, 0.2) is 72.4 Å². The van der Waals surface area contributed by atoms with Gasteiger partial charge >= 0.3 is 0 Å². The number of hydrogen-bond donors (Lipinski definition) is 1. The molecule has 0 radical (unpaired) electrons. The number of pyridine rings is 1. The molecule has 5 heteroatoms. The van der Waals surface area contributed by atoms with E-state index in [0.29, 0.717) is 0 Å². The number of aromatic nitrogens is 2. The molecule has 0 atom stereocenters. The van der Waals surface area contributed by atoms with Crippen LogP contribution in [0.4, 0.5) is 5.69 Å². The van der Waals surface area contributed by atoms with Crippen LogP contribution >= 0.6 is 11.3 Å². The molecule has 122 valence electrons. The summed E-state index contributed by atoms with van der Waals surface area (Å²) in [7, 11) is 0. The molecule has 1 amide bonds. The second kappa shape index (κ2) is 6.83. The third-order valence-electron chi connectivity index (χ3n) is 3.87. The number of nitrogens with one attached hydrogen (secondary N) is 1. The van der Waals surface area contributed by atoms with E-state index in [2.05, 4.69) is 15.3 Å². The number of carbonyl (C=O) groups excluding carboxylic acids is 1. The molecule has 0 bridgehead atoms. The Bertz CT molecular complexity index is 1020. The van der Waals surface area contributed by atoms with Crippen LogP contribution in [0.2, 0.25) is 0 Å². The molecule has 0 saturated heterocycles. The molecule has 25 heavy (non-hydrogen) atoms. The Morgan fingerprint density at radius 2 is 1.92 bits per heavy atom. The van der Waals surface area contributed by atoms with Crippen molar-refractivity contribution < 1.29 is 4.79 Å². The van der Waals surface area contributed by atoms with Crippen molar-refractivity contribution in [1.29, 1.82) is 0 Å². The van der Waals surface area contributed by atoms with Gasteiger partial charge in [0.1, 0.15) is 5.01 Å². The van der Waals surface area contributed by atoms with Gasteiger partial charge < -0.3 is 5.32 Å². The minimum Gasteiger partial charge on any atom is -0.325 e. The van der Waals surface area contributed by atoms with Gasteiger partial charge in [-0.2, -0.15) is 0 Å². The summed E-state index contributed by atoms with van der Waals surface area (Å²) >= 11 is 1.52. The minimum absolute atomic E-state index is 0.0700. The van der Waals surface area contributed by atoms with Crippen LogP contribution < -0.4 is 5.32 Å². The third-order valence-corrected chi connectivity index (χ3v) is 4.81. The van der Waals surface area contributed by atoms with Gasteiger partial charge in [0, 0.05) is 34.4 Å². The van der Waals surface area contributed by atoms with E-state index in [-0.39, 0.29) is 12.3 Å². The maximum absolute atomic E-state index is 12.4. The molecule has 1 N–H and O–H groups in total. The fourth-order valence-electron chi connectivity index (χ4n) is 2.70. The Kier molecular flexibility index (Phi) is 4.23. The fraction of sp³-hybridized carbons (Fsp3) is 0.0500. The summed E-state index contributed by atoms with van der Waals surface area (Å²) in [6, 6.07) is 17.7. The lowest BCUT2D eigenvalue weighted by Crippen LogP contribution is -2.14. The van der Waals surface area contributed by atoms with Gasteiger partial charge in [-0.15, -0.1) is 11.3 Å². The average Bonchev–Trinajstić information content (AvgIpc) is 3.11. The normalized spacial score (nSPS) is 10.7. The first kappa shape index (κ1) is 15.5. The van der Waals surface area contributed by atoms with E-state index in [9.17, 15) is 4.79 Å². The molecule has 2 heterocycles. The highest BCUT2D eigenvalue weighted by atomic mass is 32.1. The molecule has 0 aliphatic rings. The molecule has 0 unspecified atom stereocenters. The zero-order chi connectivity index (χ0) is 17.1. The number of rotatable bonds is 4. The molecule has 2 aromatic heterocycles.